The Balaban J connectivity index is 1.96. The highest BCUT2D eigenvalue weighted by molar-refractivity contribution is 7.17. The van der Waals surface area contributed by atoms with E-state index in [9.17, 15) is 4.79 Å². The topological polar surface area (TPSA) is 51.7 Å². The predicted molar refractivity (Wildman–Crippen MR) is 70.3 cm³/mol. The lowest BCUT2D eigenvalue weighted by atomic mass is 10.1. The zero-order chi connectivity index (χ0) is 13.0. The lowest BCUT2D eigenvalue weighted by Gasteiger charge is -2.30. The fourth-order valence-corrected chi connectivity index (χ4v) is 2.85. The van der Waals surface area contributed by atoms with Gasteiger partial charge in [0.05, 0.1) is 18.9 Å². The largest absolute Gasteiger partial charge is 0.462 e. The van der Waals surface area contributed by atoms with Gasteiger partial charge in [-0.15, -0.1) is 0 Å². The SMILES string of the molecule is CCOC(=O)c1cnc(N2CCC(OC)CC2)s1. The molecule has 0 bridgehead atoms. The van der Waals surface area contributed by atoms with Crippen molar-refractivity contribution in [2.75, 3.05) is 31.7 Å². The van der Waals surface area contributed by atoms with Gasteiger partial charge in [0.15, 0.2) is 5.13 Å². The average Bonchev–Trinajstić information content (AvgIpc) is 2.89. The van der Waals surface area contributed by atoms with Crippen LogP contribution in [0.5, 0.6) is 0 Å². The van der Waals surface area contributed by atoms with Crippen molar-refractivity contribution in [1.82, 2.24) is 4.98 Å². The van der Waals surface area contributed by atoms with Crippen molar-refractivity contribution in [1.29, 1.82) is 0 Å². The van der Waals surface area contributed by atoms with E-state index in [1.807, 2.05) is 0 Å². The standard InChI is InChI=1S/C12H18N2O3S/c1-3-17-11(15)10-8-13-12(18-10)14-6-4-9(16-2)5-7-14/h8-9H,3-7H2,1-2H3. The Morgan fingerprint density at radius 2 is 2.28 bits per heavy atom. The van der Waals surface area contributed by atoms with E-state index < -0.39 is 0 Å². The first-order valence-corrected chi connectivity index (χ1v) is 6.97. The van der Waals surface area contributed by atoms with E-state index in [2.05, 4.69) is 9.88 Å². The summed E-state index contributed by atoms with van der Waals surface area (Å²) in [4.78, 5) is 18.6. The quantitative estimate of drug-likeness (QED) is 0.783. The van der Waals surface area contributed by atoms with Crippen molar-refractivity contribution < 1.29 is 14.3 Å². The van der Waals surface area contributed by atoms with Gasteiger partial charge in [0.25, 0.3) is 0 Å². The Labute approximate surface area is 111 Å². The van der Waals surface area contributed by atoms with Gasteiger partial charge < -0.3 is 14.4 Å². The van der Waals surface area contributed by atoms with Crippen LogP contribution in [0, 0.1) is 0 Å². The van der Waals surface area contributed by atoms with Crippen LogP contribution in [-0.4, -0.2) is 43.9 Å². The van der Waals surface area contributed by atoms with E-state index in [1.54, 1.807) is 20.2 Å². The smallest absolute Gasteiger partial charge is 0.350 e. The van der Waals surface area contributed by atoms with Crippen LogP contribution < -0.4 is 4.90 Å². The second-order valence-corrected chi connectivity index (χ2v) is 5.16. The molecule has 18 heavy (non-hydrogen) atoms. The van der Waals surface area contributed by atoms with Crippen LogP contribution in [0.4, 0.5) is 5.13 Å². The number of ether oxygens (including phenoxy) is 2. The molecule has 0 aromatic carbocycles. The number of esters is 1. The Bertz CT molecular complexity index is 400. The minimum Gasteiger partial charge on any atom is -0.462 e. The summed E-state index contributed by atoms with van der Waals surface area (Å²) in [5.74, 6) is -0.284. The highest BCUT2D eigenvalue weighted by atomic mass is 32.1. The van der Waals surface area contributed by atoms with E-state index >= 15 is 0 Å². The van der Waals surface area contributed by atoms with Gasteiger partial charge in [0.2, 0.25) is 0 Å². The lowest BCUT2D eigenvalue weighted by Crippen LogP contribution is -2.36. The van der Waals surface area contributed by atoms with Crippen LogP contribution in [0.15, 0.2) is 6.20 Å². The molecule has 0 unspecified atom stereocenters. The van der Waals surface area contributed by atoms with E-state index in [4.69, 9.17) is 9.47 Å². The van der Waals surface area contributed by atoms with Crippen molar-refractivity contribution >= 4 is 22.4 Å². The molecule has 1 fully saturated rings. The number of methoxy groups -OCH3 is 1. The Kier molecular flexibility index (Phi) is 4.54. The molecule has 1 aromatic heterocycles. The van der Waals surface area contributed by atoms with Crippen LogP contribution in [0.25, 0.3) is 0 Å². The number of carbonyl (C=O) groups is 1. The zero-order valence-electron chi connectivity index (χ0n) is 10.7. The fourth-order valence-electron chi connectivity index (χ4n) is 1.99. The van der Waals surface area contributed by atoms with E-state index in [-0.39, 0.29) is 5.97 Å². The number of nitrogens with zero attached hydrogens (tertiary/aromatic N) is 2. The van der Waals surface area contributed by atoms with Crippen LogP contribution in [0.2, 0.25) is 0 Å². The molecule has 1 saturated heterocycles. The van der Waals surface area contributed by atoms with Crippen LogP contribution >= 0.6 is 11.3 Å². The molecule has 2 rings (SSSR count). The second kappa shape index (κ2) is 6.15. The minimum atomic E-state index is -0.284. The fraction of sp³-hybridized carbons (Fsp3) is 0.667. The molecule has 1 aliphatic heterocycles. The molecule has 0 saturated carbocycles. The molecule has 0 atom stereocenters. The van der Waals surface area contributed by atoms with Crippen molar-refractivity contribution in [3.63, 3.8) is 0 Å². The number of hydrogen-bond acceptors (Lipinski definition) is 6. The first-order chi connectivity index (χ1) is 8.74. The molecule has 6 heteroatoms. The number of aromatic nitrogens is 1. The van der Waals surface area contributed by atoms with E-state index in [0.717, 1.165) is 31.1 Å². The highest BCUT2D eigenvalue weighted by Crippen LogP contribution is 2.26. The van der Waals surface area contributed by atoms with Crippen molar-refractivity contribution in [2.24, 2.45) is 0 Å². The molecule has 100 valence electrons. The first-order valence-electron chi connectivity index (χ1n) is 6.15. The van der Waals surface area contributed by atoms with Gasteiger partial charge in [-0.25, -0.2) is 9.78 Å². The number of hydrogen-bond donors (Lipinski definition) is 0. The van der Waals surface area contributed by atoms with Gasteiger partial charge in [-0.05, 0) is 19.8 Å². The summed E-state index contributed by atoms with van der Waals surface area (Å²) in [6.07, 6.45) is 3.96. The maximum absolute atomic E-state index is 11.5. The molecule has 0 amide bonds. The monoisotopic (exact) mass is 270 g/mol. The summed E-state index contributed by atoms with van der Waals surface area (Å²) >= 11 is 1.40. The lowest BCUT2D eigenvalue weighted by molar-refractivity contribution is 0.0532. The van der Waals surface area contributed by atoms with Gasteiger partial charge in [-0.3, -0.25) is 0 Å². The molecular weight excluding hydrogens is 252 g/mol. The van der Waals surface area contributed by atoms with Gasteiger partial charge in [-0.2, -0.15) is 0 Å². The summed E-state index contributed by atoms with van der Waals surface area (Å²) in [7, 11) is 1.75. The minimum absolute atomic E-state index is 0.284. The van der Waals surface area contributed by atoms with E-state index in [0.29, 0.717) is 17.6 Å². The maximum atomic E-state index is 11.5. The zero-order valence-corrected chi connectivity index (χ0v) is 11.5. The molecule has 5 nitrogen and oxygen atoms in total. The summed E-state index contributed by atoms with van der Waals surface area (Å²) in [6.45, 7) is 4.04. The Morgan fingerprint density at radius 1 is 1.56 bits per heavy atom. The van der Waals surface area contributed by atoms with Gasteiger partial charge in [0.1, 0.15) is 4.88 Å². The van der Waals surface area contributed by atoms with Crippen LogP contribution in [0.1, 0.15) is 29.4 Å². The van der Waals surface area contributed by atoms with Gasteiger partial charge >= 0.3 is 5.97 Å². The van der Waals surface area contributed by atoms with Crippen LogP contribution in [-0.2, 0) is 9.47 Å². The third-order valence-corrected chi connectivity index (χ3v) is 4.05. The normalized spacial score (nSPS) is 16.9. The molecule has 1 aliphatic rings. The molecule has 1 aromatic rings. The molecule has 2 heterocycles. The van der Waals surface area contributed by atoms with Crippen molar-refractivity contribution in [2.45, 2.75) is 25.9 Å². The first kappa shape index (κ1) is 13.3. The Hall–Kier alpha value is -1.14. The van der Waals surface area contributed by atoms with Crippen molar-refractivity contribution in [3.8, 4) is 0 Å². The highest BCUT2D eigenvalue weighted by Gasteiger charge is 2.22. The van der Waals surface area contributed by atoms with E-state index in [1.165, 1.54) is 11.3 Å². The summed E-state index contributed by atoms with van der Waals surface area (Å²) in [6, 6.07) is 0. The third-order valence-electron chi connectivity index (χ3n) is 3.02. The molecule has 0 aliphatic carbocycles. The molecule has 0 spiro atoms. The average molecular weight is 270 g/mol. The summed E-state index contributed by atoms with van der Waals surface area (Å²) in [5.41, 5.74) is 0. The number of rotatable bonds is 4. The van der Waals surface area contributed by atoms with Gasteiger partial charge in [0, 0.05) is 20.2 Å². The third kappa shape index (κ3) is 3.00. The number of carbonyl (C=O) groups excluding carboxylic acids is 1. The number of piperidine rings is 1. The number of thiazole rings is 1. The van der Waals surface area contributed by atoms with Crippen molar-refractivity contribution in [3.05, 3.63) is 11.1 Å². The summed E-state index contributed by atoms with van der Waals surface area (Å²) < 4.78 is 10.3. The second-order valence-electron chi connectivity index (χ2n) is 4.15. The summed E-state index contributed by atoms with van der Waals surface area (Å²) in [5, 5.41) is 0.896. The molecule has 0 N–H and O–H groups in total. The van der Waals surface area contributed by atoms with Crippen LogP contribution in [0.3, 0.4) is 0 Å². The van der Waals surface area contributed by atoms with Gasteiger partial charge in [-0.1, -0.05) is 11.3 Å². The number of anilines is 1. The predicted octanol–water partition coefficient (Wildman–Crippen LogP) is 1.94. The molecule has 0 radical (unpaired) electrons. The maximum Gasteiger partial charge on any atom is 0.350 e. The molecular formula is C12H18N2O3S. The Morgan fingerprint density at radius 3 is 2.89 bits per heavy atom.